The highest BCUT2D eigenvalue weighted by molar-refractivity contribution is 7.99. The van der Waals surface area contributed by atoms with Gasteiger partial charge in [0.05, 0.1) is 24.2 Å². The second kappa shape index (κ2) is 11.3. The van der Waals surface area contributed by atoms with Crippen LogP contribution in [0.25, 0.3) is 0 Å². The van der Waals surface area contributed by atoms with E-state index in [0.29, 0.717) is 40.2 Å². The fourth-order valence-electron chi connectivity index (χ4n) is 3.14. The predicted octanol–water partition coefficient (Wildman–Crippen LogP) is 3.44. The smallest absolute Gasteiger partial charge is 0.269 e. The molecule has 2 N–H and O–H groups in total. The minimum atomic E-state index is -0.486. The fourth-order valence-corrected chi connectivity index (χ4v) is 3.96. The maximum atomic E-state index is 12.5. The van der Waals surface area contributed by atoms with Crippen molar-refractivity contribution in [3.05, 3.63) is 64.0 Å². The second-order valence-corrected chi connectivity index (χ2v) is 8.14. The van der Waals surface area contributed by atoms with E-state index in [1.54, 1.807) is 42.9 Å². The van der Waals surface area contributed by atoms with E-state index in [9.17, 15) is 19.7 Å². The first kappa shape index (κ1) is 24.7. The van der Waals surface area contributed by atoms with Gasteiger partial charge >= 0.3 is 0 Å². The number of methoxy groups -OCH3 is 1. The highest BCUT2D eigenvalue weighted by atomic mass is 32.2. The van der Waals surface area contributed by atoms with Crippen LogP contribution in [0.4, 0.5) is 17.1 Å². The van der Waals surface area contributed by atoms with Gasteiger partial charge in [-0.1, -0.05) is 17.8 Å². The van der Waals surface area contributed by atoms with Crippen LogP contribution in [-0.4, -0.2) is 44.4 Å². The lowest BCUT2D eigenvalue weighted by Crippen LogP contribution is -2.18. The third-order valence-electron chi connectivity index (χ3n) is 4.81. The second-order valence-electron chi connectivity index (χ2n) is 7.19. The van der Waals surface area contributed by atoms with Gasteiger partial charge in [0, 0.05) is 36.1 Å². The molecule has 0 saturated heterocycles. The Morgan fingerprint density at radius 2 is 1.94 bits per heavy atom. The highest BCUT2D eigenvalue weighted by Gasteiger charge is 2.17. The number of anilines is 2. The van der Waals surface area contributed by atoms with Crippen molar-refractivity contribution in [2.75, 3.05) is 23.5 Å². The number of benzene rings is 2. The number of nitrogens with zero attached hydrogens (tertiary/aromatic N) is 4. The van der Waals surface area contributed by atoms with E-state index < -0.39 is 4.92 Å². The number of carbonyl (C=O) groups is 2. The van der Waals surface area contributed by atoms with Crippen LogP contribution in [0.15, 0.2) is 47.6 Å². The molecular formula is C22H24N6O5S. The van der Waals surface area contributed by atoms with Crippen molar-refractivity contribution >= 4 is 40.6 Å². The first-order chi connectivity index (χ1) is 16.3. The number of hydrogen-bond donors (Lipinski definition) is 2. The Bertz CT molecular complexity index is 1210. The van der Waals surface area contributed by atoms with Crippen LogP contribution >= 0.6 is 11.8 Å². The first-order valence-corrected chi connectivity index (χ1v) is 11.3. The molecule has 0 saturated carbocycles. The molecule has 0 spiro atoms. The number of aryl methyl sites for hydroxylation is 1. The minimum Gasteiger partial charge on any atom is -0.497 e. The largest absolute Gasteiger partial charge is 0.497 e. The zero-order valence-electron chi connectivity index (χ0n) is 18.9. The summed E-state index contributed by atoms with van der Waals surface area (Å²) in [5, 5.41) is 25.2. The zero-order chi connectivity index (χ0) is 24.7. The molecule has 0 aliphatic carbocycles. The summed E-state index contributed by atoms with van der Waals surface area (Å²) in [5.74, 6) is 0.639. The summed E-state index contributed by atoms with van der Waals surface area (Å²) < 4.78 is 6.94. The van der Waals surface area contributed by atoms with Gasteiger partial charge in [0.25, 0.3) is 5.69 Å². The molecule has 12 heteroatoms. The highest BCUT2D eigenvalue weighted by Crippen LogP contribution is 2.23. The lowest BCUT2D eigenvalue weighted by molar-refractivity contribution is -0.384. The Morgan fingerprint density at radius 3 is 2.62 bits per heavy atom. The number of aromatic nitrogens is 3. The molecule has 0 fully saturated rings. The summed E-state index contributed by atoms with van der Waals surface area (Å²) >= 11 is 1.19. The molecule has 1 aromatic heterocycles. The number of nitro groups is 1. The standard InChI is InChI=1S/C22H24N6O5S/c1-4-27-19(12-20(29)23-15-6-5-7-17(11-15)33-3)25-26-22(27)34-13-21(30)24-18-9-8-16(28(31)32)10-14(18)2/h5-11H,4,12-13H2,1-3H3,(H,23,29)(H,24,30). The van der Waals surface area contributed by atoms with Gasteiger partial charge < -0.3 is 19.9 Å². The van der Waals surface area contributed by atoms with E-state index in [1.165, 1.54) is 30.0 Å². The fraction of sp³-hybridized carbons (Fsp3) is 0.273. The number of non-ortho nitro benzene ring substituents is 1. The number of nitrogens with one attached hydrogen (secondary N) is 2. The average Bonchev–Trinajstić information content (AvgIpc) is 3.20. The number of thioether (sulfide) groups is 1. The Labute approximate surface area is 200 Å². The van der Waals surface area contributed by atoms with Crippen LogP contribution in [0.3, 0.4) is 0 Å². The summed E-state index contributed by atoms with van der Waals surface area (Å²) in [4.78, 5) is 35.3. The van der Waals surface area contributed by atoms with Crippen LogP contribution in [-0.2, 0) is 22.6 Å². The molecule has 0 atom stereocenters. The maximum Gasteiger partial charge on any atom is 0.269 e. The van der Waals surface area contributed by atoms with Crippen molar-refractivity contribution < 1.29 is 19.2 Å². The van der Waals surface area contributed by atoms with Crippen molar-refractivity contribution in [2.24, 2.45) is 0 Å². The molecule has 3 rings (SSSR count). The van der Waals surface area contributed by atoms with Gasteiger partial charge in [0.15, 0.2) is 5.16 Å². The van der Waals surface area contributed by atoms with Crippen molar-refractivity contribution in [1.82, 2.24) is 14.8 Å². The van der Waals surface area contributed by atoms with Crippen LogP contribution in [0.5, 0.6) is 5.75 Å². The lowest BCUT2D eigenvalue weighted by atomic mass is 10.2. The van der Waals surface area contributed by atoms with E-state index in [0.717, 1.165) is 0 Å². The van der Waals surface area contributed by atoms with E-state index >= 15 is 0 Å². The van der Waals surface area contributed by atoms with Gasteiger partial charge in [-0.05, 0) is 37.6 Å². The average molecular weight is 485 g/mol. The molecule has 0 aliphatic rings. The van der Waals surface area contributed by atoms with Crippen LogP contribution < -0.4 is 15.4 Å². The molecule has 0 unspecified atom stereocenters. The monoisotopic (exact) mass is 484 g/mol. The van der Waals surface area contributed by atoms with Gasteiger partial charge in [-0.15, -0.1) is 10.2 Å². The number of nitro benzene ring substituents is 1. The van der Waals surface area contributed by atoms with E-state index in [2.05, 4.69) is 20.8 Å². The van der Waals surface area contributed by atoms with Crippen molar-refractivity contribution in [3.63, 3.8) is 0 Å². The Morgan fingerprint density at radius 1 is 1.15 bits per heavy atom. The van der Waals surface area contributed by atoms with Gasteiger partial charge in [-0.3, -0.25) is 19.7 Å². The predicted molar refractivity (Wildman–Crippen MR) is 128 cm³/mol. The summed E-state index contributed by atoms with van der Waals surface area (Å²) in [6.45, 7) is 4.11. The number of rotatable bonds is 10. The van der Waals surface area contributed by atoms with Crippen molar-refractivity contribution in [1.29, 1.82) is 0 Å². The maximum absolute atomic E-state index is 12.5. The third-order valence-corrected chi connectivity index (χ3v) is 5.78. The van der Waals surface area contributed by atoms with Gasteiger partial charge in [-0.25, -0.2) is 0 Å². The van der Waals surface area contributed by atoms with Gasteiger partial charge in [0.1, 0.15) is 11.6 Å². The van der Waals surface area contributed by atoms with Crippen LogP contribution in [0.2, 0.25) is 0 Å². The van der Waals surface area contributed by atoms with E-state index in [4.69, 9.17) is 4.74 Å². The molecule has 0 bridgehead atoms. The summed E-state index contributed by atoms with van der Waals surface area (Å²) in [5.41, 5.74) is 1.67. The Kier molecular flexibility index (Phi) is 8.19. The quantitative estimate of drug-likeness (QED) is 0.253. The Balaban J connectivity index is 1.59. The number of ether oxygens (including phenoxy) is 1. The molecule has 0 radical (unpaired) electrons. The van der Waals surface area contributed by atoms with Gasteiger partial charge in [-0.2, -0.15) is 0 Å². The first-order valence-electron chi connectivity index (χ1n) is 10.3. The zero-order valence-corrected chi connectivity index (χ0v) is 19.7. The van der Waals surface area contributed by atoms with Crippen LogP contribution in [0.1, 0.15) is 18.3 Å². The Hall–Kier alpha value is -3.93. The van der Waals surface area contributed by atoms with E-state index in [-0.39, 0.29) is 29.7 Å². The van der Waals surface area contributed by atoms with Crippen molar-refractivity contribution in [3.8, 4) is 5.75 Å². The molecule has 178 valence electrons. The summed E-state index contributed by atoms with van der Waals surface area (Å²) in [7, 11) is 1.55. The molecule has 2 aromatic carbocycles. The lowest BCUT2D eigenvalue weighted by Gasteiger charge is -2.10. The molecule has 1 heterocycles. The third kappa shape index (κ3) is 6.32. The number of hydrogen-bond acceptors (Lipinski definition) is 8. The number of amides is 2. The molecular weight excluding hydrogens is 460 g/mol. The topological polar surface area (TPSA) is 141 Å². The minimum absolute atomic E-state index is 0.0206. The summed E-state index contributed by atoms with van der Waals surface area (Å²) in [6.07, 6.45) is 0.0206. The molecule has 11 nitrogen and oxygen atoms in total. The molecule has 2 amide bonds. The SMILES string of the molecule is CCn1c(CC(=O)Nc2cccc(OC)c2)nnc1SCC(=O)Nc1ccc([N+](=O)[O-])cc1C. The molecule has 34 heavy (non-hydrogen) atoms. The van der Waals surface area contributed by atoms with E-state index in [1.807, 2.05) is 6.92 Å². The molecule has 0 aliphatic heterocycles. The summed E-state index contributed by atoms with van der Waals surface area (Å²) in [6, 6.07) is 11.3. The van der Waals surface area contributed by atoms with Gasteiger partial charge in [0.2, 0.25) is 11.8 Å². The number of carbonyl (C=O) groups excluding carboxylic acids is 2. The molecule has 3 aromatic rings. The van der Waals surface area contributed by atoms with Crippen molar-refractivity contribution in [2.45, 2.75) is 32.0 Å². The normalized spacial score (nSPS) is 10.6. The van der Waals surface area contributed by atoms with Crippen LogP contribution in [0, 0.1) is 17.0 Å².